The molecule has 2 rings (SSSR count). The molecule has 0 saturated heterocycles. The number of aryl methyl sites for hydroxylation is 1. The smallest absolute Gasteiger partial charge is 0.198 e. The number of benzene rings is 1. The summed E-state index contributed by atoms with van der Waals surface area (Å²) in [6, 6.07) is 7.75. The van der Waals surface area contributed by atoms with Crippen molar-refractivity contribution in [3.8, 4) is 0 Å². The van der Waals surface area contributed by atoms with Crippen LogP contribution in [0.25, 0.3) is 0 Å². The van der Waals surface area contributed by atoms with Gasteiger partial charge in [-0.1, -0.05) is 24.3 Å². The highest BCUT2D eigenvalue weighted by Crippen LogP contribution is 2.27. The molecule has 1 radical (unpaired) electrons. The average Bonchev–Trinajstić information content (AvgIpc) is 2.29. The SMILES string of the molecule is O=[C]CCC1CCc2ccccc2C1=O. The molecule has 0 aromatic heterocycles. The normalized spacial score (nSPS) is 19.7. The van der Waals surface area contributed by atoms with E-state index in [1.165, 1.54) is 0 Å². The molecule has 0 aliphatic heterocycles. The predicted molar refractivity (Wildman–Crippen MR) is 57.5 cm³/mol. The Bertz CT molecular complexity index is 382. The van der Waals surface area contributed by atoms with Gasteiger partial charge < -0.3 is 0 Å². The highest BCUT2D eigenvalue weighted by Gasteiger charge is 2.26. The summed E-state index contributed by atoms with van der Waals surface area (Å²) < 4.78 is 0. The lowest BCUT2D eigenvalue weighted by molar-refractivity contribution is 0.0896. The van der Waals surface area contributed by atoms with E-state index in [2.05, 4.69) is 0 Å². The van der Waals surface area contributed by atoms with E-state index in [0.29, 0.717) is 12.8 Å². The van der Waals surface area contributed by atoms with Gasteiger partial charge >= 0.3 is 0 Å². The monoisotopic (exact) mass is 201 g/mol. The maximum atomic E-state index is 12.0. The van der Waals surface area contributed by atoms with Crippen molar-refractivity contribution in [3.63, 3.8) is 0 Å². The molecule has 1 unspecified atom stereocenters. The van der Waals surface area contributed by atoms with Crippen molar-refractivity contribution in [2.45, 2.75) is 25.7 Å². The van der Waals surface area contributed by atoms with Crippen molar-refractivity contribution in [3.05, 3.63) is 35.4 Å². The maximum absolute atomic E-state index is 12.0. The fourth-order valence-electron chi connectivity index (χ4n) is 2.17. The van der Waals surface area contributed by atoms with Crippen molar-refractivity contribution >= 4 is 12.1 Å². The summed E-state index contributed by atoms with van der Waals surface area (Å²) in [5.41, 5.74) is 1.99. The van der Waals surface area contributed by atoms with Crippen molar-refractivity contribution in [2.75, 3.05) is 0 Å². The van der Waals surface area contributed by atoms with Crippen LogP contribution in [0.1, 0.15) is 35.2 Å². The van der Waals surface area contributed by atoms with Gasteiger partial charge in [-0.3, -0.25) is 9.59 Å². The Balaban J connectivity index is 2.18. The minimum absolute atomic E-state index is 0.0290. The molecule has 0 fully saturated rings. The third-order valence-electron chi connectivity index (χ3n) is 3.01. The summed E-state index contributed by atoms with van der Waals surface area (Å²) in [5.74, 6) is 0.230. The zero-order chi connectivity index (χ0) is 10.7. The lowest BCUT2D eigenvalue weighted by atomic mass is 9.81. The van der Waals surface area contributed by atoms with E-state index in [-0.39, 0.29) is 11.7 Å². The number of hydrogen-bond acceptors (Lipinski definition) is 2. The van der Waals surface area contributed by atoms with Crippen LogP contribution in [0.4, 0.5) is 0 Å². The van der Waals surface area contributed by atoms with E-state index in [4.69, 9.17) is 0 Å². The van der Waals surface area contributed by atoms with Gasteiger partial charge in [0.25, 0.3) is 0 Å². The van der Waals surface area contributed by atoms with Crippen LogP contribution in [0.5, 0.6) is 0 Å². The van der Waals surface area contributed by atoms with E-state index in [1.54, 1.807) is 0 Å². The average molecular weight is 201 g/mol. The molecule has 2 heteroatoms. The van der Waals surface area contributed by atoms with Gasteiger partial charge in [-0.05, 0) is 24.8 Å². The fourth-order valence-corrected chi connectivity index (χ4v) is 2.17. The van der Waals surface area contributed by atoms with Crippen LogP contribution >= 0.6 is 0 Å². The highest BCUT2D eigenvalue weighted by molar-refractivity contribution is 6.00. The standard InChI is InChI=1S/C13H13O2/c14-9-3-5-11-8-7-10-4-1-2-6-12(10)13(11)15/h1-2,4,6,11H,3,5,7-8H2. The van der Waals surface area contributed by atoms with Crippen molar-refractivity contribution in [1.82, 2.24) is 0 Å². The topological polar surface area (TPSA) is 34.1 Å². The third-order valence-corrected chi connectivity index (χ3v) is 3.01. The summed E-state index contributed by atoms with van der Waals surface area (Å²) in [5, 5.41) is 0. The van der Waals surface area contributed by atoms with Gasteiger partial charge in [0.05, 0.1) is 0 Å². The molecule has 0 heterocycles. The predicted octanol–water partition coefficient (Wildman–Crippen LogP) is 2.32. The van der Waals surface area contributed by atoms with E-state index in [0.717, 1.165) is 24.0 Å². The lowest BCUT2D eigenvalue weighted by Crippen LogP contribution is -2.22. The van der Waals surface area contributed by atoms with Crippen LogP contribution in [0, 0.1) is 5.92 Å². The Kier molecular flexibility index (Phi) is 2.95. The van der Waals surface area contributed by atoms with Gasteiger partial charge in [0, 0.05) is 17.9 Å². The molecule has 77 valence electrons. The van der Waals surface area contributed by atoms with Crippen molar-refractivity contribution < 1.29 is 9.59 Å². The lowest BCUT2D eigenvalue weighted by Gasteiger charge is -2.22. The minimum atomic E-state index is 0.0290. The number of fused-ring (bicyclic) bond motifs is 1. The highest BCUT2D eigenvalue weighted by atomic mass is 16.1. The van der Waals surface area contributed by atoms with Crippen molar-refractivity contribution in [1.29, 1.82) is 0 Å². The van der Waals surface area contributed by atoms with Crippen LogP contribution in [-0.2, 0) is 11.2 Å². The minimum Gasteiger partial charge on any atom is -0.294 e. The third kappa shape index (κ3) is 1.99. The van der Waals surface area contributed by atoms with Gasteiger partial charge in [0.15, 0.2) is 12.1 Å². The molecule has 1 aliphatic rings. The number of rotatable bonds is 3. The van der Waals surface area contributed by atoms with Gasteiger partial charge in [-0.25, -0.2) is 0 Å². The van der Waals surface area contributed by atoms with Crippen molar-refractivity contribution in [2.24, 2.45) is 5.92 Å². The van der Waals surface area contributed by atoms with Gasteiger partial charge in [-0.15, -0.1) is 0 Å². The van der Waals surface area contributed by atoms with Gasteiger partial charge in [-0.2, -0.15) is 0 Å². The molecule has 2 nitrogen and oxygen atoms in total. The molecular formula is C13H13O2. The first kappa shape index (κ1) is 10.1. The van der Waals surface area contributed by atoms with Crippen LogP contribution in [0.2, 0.25) is 0 Å². The number of hydrogen-bond donors (Lipinski definition) is 0. The molecule has 0 spiro atoms. The zero-order valence-electron chi connectivity index (χ0n) is 8.53. The molecule has 1 aliphatic carbocycles. The summed E-state index contributed by atoms with van der Waals surface area (Å²) in [6.45, 7) is 0. The number of ketones is 1. The largest absolute Gasteiger partial charge is 0.294 e. The van der Waals surface area contributed by atoms with E-state index in [1.807, 2.05) is 30.6 Å². The van der Waals surface area contributed by atoms with Crippen LogP contribution < -0.4 is 0 Å². The Hall–Kier alpha value is -1.44. The Morgan fingerprint density at radius 2 is 2.13 bits per heavy atom. The first-order valence-electron chi connectivity index (χ1n) is 5.30. The Morgan fingerprint density at radius 1 is 1.33 bits per heavy atom. The first-order valence-corrected chi connectivity index (χ1v) is 5.30. The molecule has 1 aromatic carbocycles. The van der Waals surface area contributed by atoms with Gasteiger partial charge in [0.2, 0.25) is 0 Å². The fraction of sp³-hybridized carbons (Fsp3) is 0.385. The molecule has 1 aromatic rings. The van der Waals surface area contributed by atoms with Crippen LogP contribution in [-0.4, -0.2) is 12.1 Å². The second kappa shape index (κ2) is 4.39. The summed E-state index contributed by atoms with van der Waals surface area (Å²) in [4.78, 5) is 22.2. The molecular weight excluding hydrogens is 188 g/mol. The van der Waals surface area contributed by atoms with E-state index in [9.17, 15) is 9.59 Å². The maximum Gasteiger partial charge on any atom is 0.198 e. The summed E-state index contributed by atoms with van der Waals surface area (Å²) >= 11 is 0. The molecule has 0 saturated carbocycles. The van der Waals surface area contributed by atoms with Gasteiger partial charge in [0.1, 0.15) is 0 Å². The van der Waals surface area contributed by atoms with Crippen LogP contribution in [0.3, 0.4) is 0 Å². The molecule has 15 heavy (non-hydrogen) atoms. The molecule has 1 atom stereocenters. The quantitative estimate of drug-likeness (QED) is 0.752. The number of carbonyl (C=O) groups is 1. The molecule has 0 amide bonds. The summed E-state index contributed by atoms with van der Waals surface area (Å²) in [6.07, 6.45) is 4.70. The van der Waals surface area contributed by atoms with E-state index < -0.39 is 0 Å². The molecule has 0 N–H and O–H groups in total. The summed E-state index contributed by atoms with van der Waals surface area (Å²) in [7, 11) is 0. The Morgan fingerprint density at radius 3 is 2.93 bits per heavy atom. The number of carbonyl (C=O) groups excluding carboxylic acids is 2. The Labute approximate surface area is 89.3 Å². The zero-order valence-corrected chi connectivity index (χ0v) is 8.53. The van der Waals surface area contributed by atoms with Crippen LogP contribution in [0.15, 0.2) is 24.3 Å². The first-order chi connectivity index (χ1) is 7.33. The second-order valence-corrected chi connectivity index (χ2v) is 3.94. The number of Topliss-reactive ketones (excluding diaryl/α,β-unsaturated/α-hetero) is 1. The van der Waals surface area contributed by atoms with E-state index >= 15 is 0 Å². The second-order valence-electron chi connectivity index (χ2n) is 3.94. The molecule has 0 bridgehead atoms.